The Balaban J connectivity index is 0.00000127. The number of Topliss-reactive ketones (excluding diaryl/α,β-unsaturated/α-hetero) is 2. The van der Waals surface area contributed by atoms with Gasteiger partial charge in [-0.2, -0.15) is 0 Å². The molecule has 2 nitrogen and oxygen atoms in total. The first kappa shape index (κ1) is 20.4. The predicted molar refractivity (Wildman–Crippen MR) is 97.5 cm³/mol. The second-order valence-corrected chi connectivity index (χ2v) is 7.42. The second-order valence-electron chi connectivity index (χ2n) is 7.42. The monoisotopic (exact) mass is 322 g/mol. The van der Waals surface area contributed by atoms with Crippen LogP contribution in [0.3, 0.4) is 0 Å². The Morgan fingerprint density at radius 1 is 0.957 bits per heavy atom. The minimum Gasteiger partial charge on any atom is -0.300 e. The molecule has 0 aromatic heterocycles. The van der Waals surface area contributed by atoms with Gasteiger partial charge in [-0.25, -0.2) is 0 Å². The number of carbonyl (C=O) groups is 2. The molecule has 0 radical (unpaired) electrons. The molecular weight excluding hydrogens is 284 g/mol. The largest absolute Gasteiger partial charge is 0.300 e. The lowest BCUT2D eigenvalue weighted by atomic mass is 9.74. The zero-order chi connectivity index (χ0) is 17.2. The van der Waals surface area contributed by atoms with Crippen LogP contribution in [0.4, 0.5) is 0 Å². The fourth-order valence-electron chi connectivity index (χ4n) is 4.53. The minimum absolute atomic E-state index is 0.286. The summed E-state index contributed by atoms with van der Waals surface area (Å²) in [5, 5.41) is 0. The molecule has 0 spiro atoms. The van der Waals surface area contributed by atoms with E-state index >= 15 is 0 Å². The van der Waals surface area contributed by atoms with Crippen LogP contribution in [0.5, 0.6) is 0 Å². The summed E-state index contributed by atoms with van der Waals surface area (Å²) < 4.78 is 0. The van der Waals surface area contributed by atoms with Gasteiger partial charge in [0.1, 0.15) is 11.6 Å². The summed E-state index contributed by atoms with van der Waals surface area (Å²) >= 11 is 0. The van der Waals surface area contributed by atoms with Gasteiger partial charge in [0.05, 0.1) is 0 Å². The van der Waals surface area contributed by atoms with E-state index in [2.05, 4.69) is 6.92 Å². The number of hydrogen-bond acceptors (Lipinski definition) is 2. The lowest BCUT2D eigenvalue weighted by Gasteiger charge is -2.30. The third kappa shape index (κ3) is 6.39. The van der Waals surface area contributed by atoms with Gasteiger partial charge in [0, 0.05) is 18.3 Å². The molecule has 0 aliphatic heterocycles. The van der Waals surface area contributed by atoms with Crippen LogP contribution in [0.1, 0.15) is 98.3 Å². The van der Waals surface area contributed by atoms with Crippen molar-refractivity contribution in [1.82, 2.24) is 0 Å². The van der Waals surface area contributed by atoms with Gasteiger partial charge in [0.15, 0.2) is 0 Å². The molecule has 0 heterocycles. The molecule has 0 N–H and O–H groups in total. The predicted octanol–water partition coefficient (Wildman–Crippen LogP) is 5.97. The van der Waals surface area contributed by atoms with E-state index in [9.17, 15) is 9.59 Å². The maximum atomic E-state index is 12.8. The van der Waals surface area contributed by atoms with Crippen molar-refractivity contribution >= 4 is 11.6 Å². The summed E-state index contributed by atoms with van der Waals surface area (Å²) in [5.74, 6) is 2.97. The molecule has 134 valence electrons. The summed E-state index contributed by atoms with van der Waals surface area (Å²) in [6.07, 6.45) is 12.3. The average molecular weight is 323 g/mol. The van der Waals surface area contributed by atoms with Crippen molar-refractivity contribution in [2.75, 3.05) is 0 Å². The molecule has 0 amide bonds. The van der Waals surface area contributed by atoms with Crippen molar-refractivity contribution in [2.24, 2.45) is 23.7 Å². The molecule has 0 aromatic rings. The van der Waals surface area contributed by atoms with Crippen LogP contribution in [-0.2, 0) is 9.59 Å². The Kier molecular flexibility index (Phi) is 9.74. The Morgan fingerprint density at radius 3 is 2.17 bits per heavy atom. The van der Waals surface area contributed by atoms with Crippen LogP contribution in [0.2, 0.25) is 0 Å². The molecule has 2 rings (SSSR count). The first-order valence-electron chi connectivity index (χ1n) is 10.1. The lowest BCUT2D eigenvalue weighted by molar-refractivity contribution is -0.129. The fraction of sp³-hybridized carbons (Fsp3) is 0.905. The maximum absolute atomic E-state index is 12.8. The summed E-state index contributed by atoms with van der Waals surface area (Å²) in [6, 6.07) is 0. The quantitative estimate of drug-likeness (QED) is 0.578. The van der Waals surface area contributed by atoms with E-state index in [1.807, 2.05) is 13.8 Å². The van der Waals surface area contributed by atoms with Crippen molar-refractivity contribution in [3.63, 3.8) is 0 Å². The van der Waals surface area contributed by atoms with Crippen LogP contribution in [0.15, 0.2) is 0 Å². The Hall–Kier alpha value is -0.660. The van der Waals surface area contributed by atoms with E-state index in [0.717, 1.165) is 38.0 Å². The van der Waals surface area contributed by atoms with E-state index in [-0.39, 0.29) is 5.78 Å². The first-order valence-corrected chi connectivity index (χ1v) is 10.1. The third-order valence-corrected chi connectivity index (χ3v) is 5.95. The summed E-state index contributed by atoms with van der Waals surface area (Å²) in [6.45, 7) is 7.94. The smallest absolute Gasteiger partial charge is 0.139 e. The van der Waals surface area contributed by atoms with Crippen molar-refractivity contribution in [2.45, 2.75) is 98.3 Å². The van der Waals surface area contributed by atoms with E-state index in [0.29, 0.717) is 30.0 Å². The van der Waals surface area contributed by atoms with Gasteiger partial charge >= 0.3 is 0 Å². The highest BCUT2D eigenvalue weighted by Crippen LogP contribution is 2.40. The molecule has 23 heavy (non-hydrogen) atoms. The molecular formula is C21H38O2. The van der Waals surface area contributed by atoms with E-state index in [1.54, 1.807) is 6.92 Å². The summed E-state index contributed by atoms with van der Waals surface area (Å²) in [7, 11) is 0. The normalized spacial score (nSPS) is 30.4. The van der Waals surface area contributed by atoms with Gasteiger partial charge in [-0.3, -0.25) is 4.79 Å². The number of hydrogen-bond donors (Lipinski definition) is 0. The Morgan fingerprint density at radius 2 is 1.61 bits per heavy atom. The van der Waals surface area contributed by atoms with Crippen LogP contribution in [-0.4, -0.2) is 11.6 Å². The van der Waals surface area contributed by atoms with Crippen LogP contribution < -0.4 is 0 Å². The van der Waals surface area contributed by atoms with Gasteiger partial charge in [0.25, 0.3) is 0 Å². The topological polar surface area (TPSA) is 34.1 Å². The molecule has 0 bridgehead atoms. The number of carbonyl (C=O) groups excluding carboxylic acids is 2. The molecule has 2 saturated carbocycles. The molecule has 2 heteroatoms. The van der Waals surface area contributed by atoms with E-state index < -0.39 is 0 Å². The van der Waals surface area contributed by atoms with Gasteiger partial charge in [-0.05, 0) is 70.1 Å². The zero-order valence-corrected chi connectivity index (χ0v) is 15.9. The maximum Gasteiger partial charge on any atom is 0.139 e. The summed E-state index contributed by atoms with van der Waals surface area (Å²) in [4.78, 5) is 23.9. The molecule has 0 saturated heterocycles. The zero-order valence-electron chi connectivity index (χ0n) is 15.9. The highest BCUT2D eigenvalue weighted by molar-refractivity contribution is 5.84. The molecule has 0 aromatic carbocycles. The van der Waals surface area contributed by atoms with Crippen molar-refractivity contribution < 1.29 is 9.59 Å². The molecule has 2 fully saturated rings. The molecule has 2 aliphatic rings. The number of ketones is 2. The SMILES string of the molecule is CC.CCC1CCC(C(=O)C2CCCC2CCCC(C)=O)CC1. The van der Waals surface area contributed by atoms with Crippen LogP contribution >= 0.6 is 0 Å². The first-order chi connectivity index (χ1) is 11.1. The minimum atomic E-state index is 0.286. The van der Waals surface area contributed by atoms with E-state index in [1.165, 1.54) is 32.1 Å². The van der Waals surface area contributed by atoms with Gasteiger partial charge in [-0.15, -0.1) is 0 Å². The molecule has 2 aliphatic carbocycles. The van der Waals surface area contributed by atoms with E-state index in [4.69, 9.17) is 0 Å². The van der Waals surface area contributed by atoms with Crippen LogP contribution in [0, 0.1) is 23.7 Å². The standard InChI is InChI=1S/C19H32O2.C2H6/c1-3-15-10-12-17(13-11-15)19(21)18-9-5-8-16(18)7-4-6-14(2)20;1-2/h15-18H,3-13H2,1-2H3;1-2H3. The molecule has 2 atom stereocenters. The average Bonchev–Trinajstić information content (AvgIpc) is 3.04. The van der Waals surface area contributed by atoms with Gasteiger partial charge in [0.2, 0.25) is 0 Å². The van der Waals surface area contributed by atoms with Crippen LogP contribution in [0.25, 0.3) is 0 Å². The molecule has 2 unspecified atom stereocenters. The van der Waals surface area contributed by atoms with Gasteiger partial charge in [-0.1, -0.05) is 33.6 Å². The Labute approximate surface area is 143 Å². The Bertz CT molecular complexity index is 353. The highest BCUT2D eigenvalue weighted by atomic mass is 16.1. The number of rotatable bonds is 7. The van der Waals surface area contributed by atoms with Crippen molar-refractivity contribution in [1.29, 1.82) is 0 Å². The van der Waals surface area contributed by atoms with Gasteiger partial charge < -0.3 is 4.79 Å². The second kappa shape index (κ2) is 11.0. The van der Waals surface area contributed by atoms with Crippen molar-refractivity contribution in [3.8, 4) is 0 Å². The fourth-order valence-corrected chi connectivity index (χ4v) is 4.53. The van der Waals surface area contributed by atoms with Crippen molar-refractivity contribution in [3.05, 3.63) is 0 Å². The third-order valence-electron chi connectivity index (χ3n) is 5.95. The lowest BCUT2D eigenvalue weighted by Crippen LogP contribution is -2.29. The highest BCUT2D eigenvalue weighted by Gasteiger charge is 2.37. The summed E-state index contributed by atoms with van der Waals surface area (Å²) in [5.41, 5.74) is 0.